The van der Waals surface area contributed by atoms with Gasteiger partial charge in [-0.05, 0) is 43.5 Å². The fourth-order valence-corrected chi connectivity index (χ4v) is 2.51. The molecule has 0 spiro atoms. The van der Waals surface area contributed by atoms with Gasteiger partial charge in [0.15, 0.2) is 0 Å². The van der Waals surface area contributed by atoms with Crippen LogP contribution in [0.2, 0.25) is 10.0 Å². The first kappa shape index (κ1) is 10.3. The van der Waals surface area contributed by atoms with E-state index in [-0.39, 0.29) is 11.5 Å². The van der Waals surface area contributed by atoms with E-state index in [0.717, 1.165) is 12.8 Å². The number of benzene rings is 1. The molecule has 1 atom stereocenters. The van der Waals surface area contributed by atoms with Crippen molar-refractivity contribution in [1.82, 2.24) is 0 Å². The molecule has 1 aliphatic carbocycles. The minimum absolute atomic E-state index is 0.133. The van der Waals surface area contributed by atoms with Crippen molar-refractivity contribution in [2.24, 2.45) is 5.73 Å². The Morgan fingerprint density at radius 2 is 1.71 bits per heavy atom. The zero-order chi connectivity index (χ0) is 10.3. The summed E-state index contributed by atoms with van der Waals surface area (Å²) >= 11 is 11.9. The molecule has 0 heterocycles. The summed E-state index contributed by atoms with van der Waals surface area (Å²) in [6.45, 7) is 2.04. The monoisotopic (exact) mass is 229 g/mol. The molecule has 2 rings (SSSR count). The summed E-state index contributed by atoms with van der Waals surface area (Å²) in [5.74, 6) is 0. The van der Waals surface area contributed by atoms with Gasteiger partial charge in [0.25, 0.3) is 0 Å². The molecular weight excluding hydrogens is 217 g/mol. The van der Waals surface area contributed by atoms with Crippen LogP contribution in [0.1, 0.15) is 25.3 Å². The van der Waals surface area contributed by atoms with Crippen LogP contribution >= 0.6 is 23.2 Å². The zero-order valence-corrected chi connectivity index (χ0v) is 9.57. The Morgan fingerprint density at radius 3 is 2.07 bits per heavy atom. The molecule has 14 heavy (non-hydrogen) atoms. The maximum Gasteiger partial charge on any atom is 0.0423 e. The Balaban J connectivity index is 2.42. The number of hydrogen-bond donors (Lipinski definition) is 1. The molecule has 0 amide bonds. The number of nitrogens with two attached hydrogens (primary N) is 1. The van der Waals surface area contributed by atoms with Crippen molar-refractivity contribution in [1.29, 1.82) is 0 Å². The molecule has 0 bridgehead atoms. The zero-order valence-electron chi connectivity index (χ0n) is 8.06. The topological polar surface area (TPSA) is 26.0 Å². The first-order chi connectivity index (χ1) is 6.54. The van der Waals surface area contributed by atoms with Crippen LogP contribution < -0.4 is 5.73 Å². The lowest BCUT2D eigenvalue weighted by Crippen LogP contribution is -2.31. The van der Waals surface area contributed by atoms with E-state index in [0.29, 0.717) is 10.0 Å². The van der Waals surface area contributed by atoms with Crippen LogP contribution in [0.5, 0.6) is 0 Å². The van der Waals surface area contributed by atoms with E-state index in [4.69, 9.17) is 28.9 Å². The van der Waals surface area contributed by atoms with Crippen LogP contribution in [-0.4, -0.2) is 6.04 Å². The molecule has 1 aromatic carbocycles. The van der Waals surface area contributed by atoms with Crippen molar-refractivity contribution in [2.45, 2.75) is 31.2 Å². The predicted octanol–water partition coefficient (Wildman–Crippen LogP) is 3.37. The summed E-state index contributed by atoms with van der Waals surface area (Å²) in [5, 5.41) is 1.39. The molecule has 0 aliphatic heterocycles. The van der Waals surface area contributed by atoms with Crippen molar-refractivity contribution in [3.8, 4) is 0 Å². The molecule has 1 unspecified atom stereocenters. The van der Waals surface area contributed by atoms with Crippen LogP contribution in [0, 0.1) is 0 Å². The lowest BCUT2D eigenvalue weighted by molar-refractivity contribution is 0.557. The summed E-state index contributed by atoms with van der Waals surface area (Å²) < 4.78 is 0. The molecule has 76 valence electrons. The fourth-order valence-electron chi connectivity index (χ4n) is 1.98. The molecule has 0 radical (unpaired) electrons. The lowest BCUT2D eigenvalue weighted by atomic mass is 9.90. The summed E-state index contributed by atoms with van der Waals surface area (Å²) in [7, 11) is 0. The lowest BCUT2D eigenvalue weighted by Gasteiger charge is -2.20. The van der Waals surface area contributed by atoms with E-state index in [1.165, 1.54) is 5.56 Å². The van der Waals surface area contributed by atoms with Gasteiger partial charge in [0.05, 0.1) is 0 Å². The summed E-state index contributed by atoms with van der Waals surface area (Å²) in [5.41, 5.74) is 7.30. The smallest absolute Gasteiger partial charge is 0.0423 e. The minimum atomic E-state index is 0.133. The van der Waals surface area contributed by atoms with Gasteiger partial charge >= 0.3 is 0 Å². The Labute approximate surface area is 94.2 Å². The van der Waals surface area contributed by atoms with Gasteiger partial charge in [0.2, 0.25) is 0 Å². The Kier molecular flexibility index (Phi) is 2.50. The van der Waals surface area contributed by atoms with Crippen LogP contribution in [0.25, 0.3) is 0 Å². The average Bonchev–Trinajstić information content (AvgIpc) is 2.81. The van der Waals surface area contributed by atoms with Gasteiger partial charge in [0.1, 0.15) is 0 Å². The molecule has 1 saturated carbocycles. The average molecular weight is 230 g/mol. The first-order valence-corrected chi connectivity index (χ1v) is 5.52. The number of rotatable bonds is 2. The third-order valence-electron chi connectivity index (χ3n) is 3.10. The second-order valence-corrected chi connectivity index (χ2v) is 4.98. The quantitative estimate of drug-likeness (QED) is 0.828. The van der Waals surface area contributed by atoms with Gasteiger partial charge in [0, 0.05) is 21.5 Å². The van der Waals surface area contributed by atoms with Crippen molar-refractivity contribution in [3.63, 3.8) is 0 Å². The minimum Gasteiger partial charge on any atom is -0.327 e. The highest BCUT2D eigenvalue weighted by molar-refractivity contribution is 6.34. The molecule has 1 aromatic rings. The van der Waals surface area contributed by atoms with Gasteiger partial charge in [-0.3, -0.25) is 0 Å². The fraction of sp³-hybridized carbons (Fsp3) is 0.455. The van der Waals surface area contributed by atoms with Crippen LogP contribution in [0.3, 0.4) is 0 Å². The van der Waals surface area contributed by atoms with Gasteiger partial charge < -0.3 is 5.73 Å². The van der Waals surface area contributed by atoms with Crippen molar-refractivity contribution in [2.75, 3.05) is 0 Å². The first-order valence-electron chi connectivity index (χ1n) is 4.77. The van der Waals surface area contributed by atoms with Gasteiger partial charge in [-0.2, -0.15) is 0 Å². The summed E-state index contributed by atoms with van der Waals surface area (Å²) in [6, 6.07) is 5.87. The summed E-state index contributed by atoms with van der Waals surface area (Å²) in [6.07, 6.45) is 2.28. The molecule has 0 saturated heterocycles. The van der Waals surface area contributed by atoms with Gasteiger partial charge in [-0.15, -0.1) is 0 Å². The Bertz CT molecular complexity index is 336. The molecule has 3 heteroatoms. The highest BCUT2D eigenvalue weighted by Gasteiger charge is 2.47. The van der Waals surface area contributed by atoms with E-state index < -0.39 is 0 Å². The third-order valence-corrected chi connectivity index (χ3v) is 3.53. The van der Waals surface area contributed by atoms with E-state index in [1.807, 2.05) is 19.1 Å². The van der Waals surface area contributed by atoms with Crippen LogP contribution in [0.4, 0.5) is 0 Å². The second-order valence-electron chi connectivity index (χ2n) is 4.10. The van der Waals surface area contributed by atoms with E-state index in [2.05, 4.69) is 0 Å². The summed E-state index contributed by atoms with van der Waals surface area (Å²) in [4.78, 5) is 0. The standard InChI is InChI=1S/C11H13Cl2N/c1-7(14)11(2-3-11)8-4-9(12)6-10(13)5-8/h4-7H,2-3,14H2,1H3. The normalized spacial score (nSPS) is 20.6. The highest BCUT2D eigenvalue weighted by Crippen LogP contribution is 2.51. The number of halogens is 2. The molecular formula is C11H13Cl2N. The van der Waals surface area contributed by atoms with Crippen LogP contribution in [-0.2, 0) is 5.41 Å². The van der Waals surface area contributed by atoms with E-state index >= 15 is 0 Å². The second kappa shape index (κ2) is 3.41. The van der Waals surface area contributed by atoms with Gasteiger partial charge in [-0.25, -0.2) is 0 Å². The molecule has 2 N–H and O–H groups in total. The third kappa shape index (κ3) is 1.65. The molecule has 0 aromatic heterocycles. The molecule has 1 aliphatic rings. The van der Waals surface area contributed by atoms with E-state index in [1.54, 1.807) is 6.07 Å². The highest BCUT2D eigenvalue weighted by atomic mass is 35.5. The van der Waals surface area contributed by atoms with Crippen molar-refractivity contribution < 1.29 is 0 Å². The van der Waals surface area contributed by atoms with Crippen molar-refractivity contribution in [3.05, 3.63) is 33.8 Å². The number of hydrogen-bond acceptors (Lipinski definition) is 1. The maximum atomic E-state index is 5.98. The van der Waals surface area contributed by atoms with Gasteiger partial charge in [-0.1, -0.05) is 23.2 Å². The molecule has 1 nitrogen and oxygen atoms in total. The largest absolute Gasteiger partial charge is 0.327 e. The van der Waals surface area contributed by atoms with Crippen LogP contribution in [0.15, 0.2) is 18.2 Å². The predicted molar refractivity (Wildman–Crippen MR) is 61.0 cm³/mol. The molecule has 1 fully saturated rings. The van der Waals surface area contributed by atoms with Crippen molar-refractivity contribution >= 4 is 23.2 Å². The maximum absolute atomic E-state index is 5.98. The van der Waals surface area contributed by atoms with E-state index in [9.17, 15) is 0 Å². The Hall–Kier alpha value is -0.240. The SMILES string of the molecule is CC(N)C1(c2cc(Cl)cc(Cl)c2)CC1. The Morgan fingerprint density at radius 1 is 1.21 bits per heavy atom.